The van der Waals surface area contributed by atoms with Crippen LogP contribution in [0.4, 0.5) is 0 Å². The second-order valence-electron chi connectivity index (χ2n) is 0.433. The van der Waals surface area contributed by atoms with Gasteiger partial charge in [-0.2, -0.15) is 0 Å². The van der Waals surface area contributed by atoms with Gasteiger partial charge in [0.1, 0.15) is 10.5 Å². The van der Waals surface area contributed by atoms with Gasteiger partial charge in [0.2, 0.25) is 9.92 Å². The van der Waals surface area contributed by atoms with Gasteiger partial charge in [0.15, 0.2) is 0 Å². The Kier molecular flexibility index (Phi) is 3.65. The van der Waals surface area contributed by atoms with E-state index in [0.29, 0.717) is 0 Å². The molecule has 0 saturated heterocycles. The molecule has 0 spiro atoms. The molecule has 2 nitrogen and oxygen atoms in total. The minimum Gasteiger partial charge on any atom is -0.457 e. The standard InChI is InChI=1S/H6NOSi2/c1-4-2-3/h1H,4H2,3H3. The van der Waals surface area contributed by atoms with Crippen molar-refractivity contribution in [3.05, 3.63) is 0 Å². The maximum Gasteiger partial charge on any atom is 0.237 e. The van der Waals surface area contributed by atoms with E-state index in [2.05, 4.69) is 4.12 Å². The third kappa shape index (κ3) is 2.35. The molecular formula is H6NOSi2. The van der Waals surface area contributed by atoms with Crippen molar-refractivity contribution in [1.82, 2.24) is 5.40 Å². The molecule has 0 aromatic rings. The summed E-state index contributed by atoms with van der Waals surface area (Å²) < 4.78 is 4.49. The van der Waals surface area contributed by atoms with Crippen LogP contribution in [0, 0.1) is 0 Å². The van der Waals surface area contributed by atoms with Gasteiger partial charge in [-0.3, -0.25) is 5.40 Å². The molecular weight excluding hydrogens is 86.2 g/mol. The number of nitrogens with one attached hydrogen (secondary N) is 1. The highest BCUT2D eigenvalue weighted by atomic mass is 28.3. The summed E-state index contributed by atoms with van der Waals surface area (Å²) in [7, 11) is 0.000000000000000111. The zero-order chi connectivity index (χ0) is 3.41. The Bertz CT molecular complexity index is 8.00. The molecule has 4 heavy (non-hydrogen) atoms. The van der Waals surface area contributed by atoms with Crippen molar-refractivity contribution in [2.24, 2.45) is 0 Å². The minimum absolute atomic E-state index is 0.764. The normalized spacial score (nSPS) is 11.2. The number of hydrogen-bond donors (Lipinski definition) is 0. The van der Waals surface area contributed by atoms with Gasteiger partial charge >= 0.3 is 0 Å². The first-order valence-corrected chi connectivity index (χ1v) is 3.15. The summed E-state index contributed by atoms with van der Waals surface area (Å²) in [4.78, 5) is 0. The Morgan fingerprint density at radius 3 is 2.25 bits per heavy atom. The molecule has 0 aromatic heterocycles. The van der Waals surface area contributed by atoms with Gasteiger partial charge in [-0.15, -0.1) is 0 Å². The lowest BCUT2D eigenvalue weighted by Gasteiger charge is -1.75. The number of rotatable bonds is 1. The molecule has 0 rings (SSSR count). The molecule has 0 saturated carbocycles. The van der Waals surface area contributed by atoms with Crippen molar-refractivity contribution in [2.45, 2.75) is 0 Å². The van der Waals surface area contributed by atoms with E-state index >= 15 is 0 Å². The first-order valence-electron chi connectivity index (χ1n) is 1.05. The van der Waals surface area contributed by atoms with Crippen LogP contribution >= 0.6 is 0 Å². The summed E-state index contributed by atoms with van der Waals surface area (Å²) in [6.45, 7) is 0. The molecule has 0 heterocycles. The van der Waals surface area contributed by atoms with E-state index in [0.717, 1.165) is 10.5 Å². The molecule has 0 bridgehead atoms. The van der Waals surface area contributed by atoms with Crippen LogP contribution in [0.3, 0.4) is 0 Å². The molecule has 0 atom stereocenters. The van der Waals surface area contributed by atoms with Crippen molar-refractivity contribution in [2.75, 3.05) is 0 Å². The lowest BCUT2D eigenvalue weighted by atomic mass is 13.9. The molecule has 0 aliphatic carbocycles. The topological polar surface area (TPSA) is 33.0 Å². The SMILES string of the molecule is [NH][SiH2]O[SiH3]. The first kappa shape index (κ1) is 4.35. The Morgan fingerprint density at radius 1 is 2.00 bits per heavy atom. The number of hydrogen-bond acceptors (Lipinski definition) is 1. The van der Waals surface area contributed by atoms with Crippen molar-refractivity contribution in [1.29, 1.82) is 0 Å². The molecule has 0 unspecified atom stereocenters. The van der Waals surface area contributed by atoms with E-state index in [1.807, 2.05) is 0 Å². The minimum atomic E-state index is -0.764. The summed E-state index contributed by atoms with van der Waals surface area (Å²) >= 11 is 0. The maximum absolute atomic E-state index is 6.40. The fraction of sp³-hybridized carbons (Fsp3) is 0. The largest absolute Gasteiger partial charge is 0.457 e. The summed E-state index contributed by atoms with van der Waals surface area (Å²) in [5, 5.41) is 6.40. The van der Waals surface area contributed by atoms with Crippen molar-refractivity contribution in [3.8, 4) is 0 Å². The predicted molar refractivity (Wildman–Crippen MR) is 22.7 cm³/mol. The van der Waals surface area contributed by atoms with Crippen molar-refractivity contribution >= 4 is 20.4 Å². The van der Waals surface area contributed by atoms with Crippen LogP contribution in [0.25, 0.3) is 0 Å². The molecule has 1 radical (unpaired) electrons. The third-order valence-electron chi connectivity index (χ3n) is 0.144. The van der Waals surface area contributed by atoms with E-state index in [1.54, 1.807) is 0 Å². The lowest BCUT2D eigenvalue weighted by Crippen LogP contribution is -1.91. The second-order valence-corrected chi connectivity index (χ2v) is 3.03. The van der Waals surface area contributed by atoms with Crippen molar-refractivity contribution < 1.29 is 4.12 Å². The molecule has 0 aliphatic rings. The zero-order valence-corrected chi connectivity index (χ0v) is 6.03. The molecule has 0 fully saturated rings. The van der Waals surface area contributed by atoms with Crippen LogP contribution in [-0.4, -0.2) is 20.4 Å². The second kappa shape index (κ2) is 3.35. The third-order valence-corrected chi connectivity index (χ3v) is 1.30. The molecule has 1 N–H and O–H groups in total. The average molecular weight is 92.2 g/mol. The predicted octanol–water partition coefficient (Wildman–Crippen LogP) is -2.43. The van der Waals surface area contributed by atoms with Crippen LogP contribution in [0.1, 0.15) is 0 Å². The highest BCUT2D eigenvalue weighted by molar-refractivity contribution is 6.29. The van der Waals surface area contributed by atoms with Gasteiger partial charge in [-0.1, -0.05) is 0 Å². The maximum atomic E-state index is 6.40. The van der Waals surface area contributed by atoms with Gasteiger partial charge in [0.05, 0.1) is 0 Å². The van der Waals surface area contributed by atoms with Gasteiger partial charge < -0.3 is 4.12 Å². The van der Waals surface area contributed by atoms with Gasteiger partial charge in [-0.05, 0) is 0 Å². The molecule has 0 aromatic carbocycles. The van der Waals surface area contributed by atoms with E-state index in [-0.39, 0.29) is 0 Å². The van der Waals surface area contributed by atoms with Gasteiger partial charge in [0, 0.05) is 0 Å². The quantitative estimate of drug-likeness (QED) is 0.331. The zero-order valence-electron chi connectivity index (χ0n) is 2.62. The monoisotopic (exact) mass is 92.0 g/mol. The Balaban J connectivity index is 1.97. The summed E-state index contributed by atoms with van der Waals surface area (Å²) in [6, 6.07) is 0. The molecule has 25 valence electrons. The van der Waals surface area contributed by atoms with E-state index in [9.17, 15) is 0 Å². The average Bonchev–Trinajstić information content (AvgIpc) is 1.37. The molecule has 0 amide bonds. The van der Waals surface area contributed by atoms with Gasteiger partial charge in [0.25, 0.3) is 0 Å². The van der Waals surface area contributed by atoms with Crippen LogP contribution in [-0.2, 0) is 4.12 Å². The highest BCUT2D eigenvalue weighted by Gasteiger charge is 1.55. The fourth-order valence-corrected chi connectivity index (χ4v) is 0. The van der Waals surface area contributed by atoms with Gasteiger partial charge in [-0.25, -0.2) is 0 Å². The van der Waals surface area contributed by atoms with E-state index in [1.165, 1.54) is 0 Å². The Labute approximate surface area is 30.9 Å². The fourth-order valence-electron chi connectivity index (χ4n) is 0. The van der Waals surface area contributed by atoms with Crippen LogP contribution in [0.5, 0.6) is 0 Å². The smallest absolute Gasteiger partial charge is 0.237 e. The Morgan fingerprint density at radius 2 is 2.25 bits per heavy atom. The van der Waals surface area contributed by atoms with Crippen LogP contribution < -0.4 is 5.40 Å². The van der Waals surface area contributed by atoms with Crippen LogP contribution in [0.15, 0.2) is 0 Å². The van der Waals surface area contributed by atoms with E-state index in [4.69, 9.17) is 5.40 Å². The lowest BCUT2D eigenvalue weighted by molar-refractivity contribution is 0.662. The molecule has 0 aliphatic heterocycles. The Hall–Kier alpha value is 0.354. The van der Waals surface area contributed by atoms with E-state index < -0.39 is 9.92 Å². The summed E-state index contributed by atoms with van der Waals surface area (Å²) in [5.41, 5.74) is 0. The summed E-state index contributed by atoms with van der Waals surface area (Å²) in [6.07, 6.45) is 0. The van der Waals surface area contributed by atoms with Crippen LogP contribution in [0.2, 0.25) is 0 Å². The summed E-state index contributed by atoms with van der Waals surface area (Å²) in [5.74, 6) is 0. The van der Waals surface area contributed by atoms with Crippen molar-refractivity contribution in [3.63, 3.8) is 0 Å². The molecule has 4 heteroatoms. The first-order chi connectivity index (χ1) is 1.91. The highest BCUT2D eigenvalue weighted by Crippen LogP contribution is 1.35.